The zero-order chi connectivity index (χ0) is 13.9. The van der Waals surface area contributed by atoms with Crippen molar-refractivity contribution in [1.82, 2.24) is 4.31 Å². The molecule has 0 aliphatic carbocycles. The quantitative estimate of drug-likeness (QED) is 0.569. The van der Waals surface area contributed by atoms with Gasteiger partial charge in [0.15, 0.2) is 0 Å². The first-order valence-corrected chi connectivity index (χ1v) is 7.91. The topological polar surface area (TPSA) is 85.0 Å². The number of sulfonamides is 1. The van der Waals surface area contributed by atoms with Crippen LogP contribution in [0.25, 0.3) is 0 Å². The Bertz CT molecular complexity index is 373. The molecule has 0 aromatic carbocycles. The highest BCUT2D eigenvalue weighted by molar-refractivity contribution is 7.89. The van der Waals surface area contributed by atoms with Crippen molar-refractivity contribution in [3.63, 3.8) is 0 Å². The highest BCUT2D eigenvalue weighted by atomic mass is 32.2. The number of hydrogen-bond donors (Lipinski definition) is 0. The van der Waals surface area contributed by atoms with Crippen LogP contribution < -0.4 is 0 Å². The molecule has 0 rings (SSSR count). The maximum atomic E-state index is 12.0. The summed E-state index contributed by atoms with van der Waals surface area (Å²) in [5, 5.41) is 17.0. The minimum Gasteiger partial charge on any atom is -0.212 e. The fraction of sp³-hybridized carbons (Fsp3) is 0.833. The van der Waals surface area contributed by atoms with Gasteiger partial charge in [-0.05, 0) is 19.3 Å². The highest BCUT2D eigenvalue weighted by Gasteiger charge is 2.20. The average molecular weight is 271 g/mol. The molecule has 18 heavy (non-hydrogen) atoms. The standard InChI is InChI=1S/C12H21N3O2S/c1-2-3-12-18(16,17)15(10-6-4-8-13)11-7-5-9-14/h2-7,10-12H2,1H3. The Morgan fingerprint density at radius 1 is 1.00 bits per heavy atom. The maximum absolute atomic E-state index is 12.0. The molecule has 0 saturated carbocycles. The van der Waals surface area contributed by atoms with Crippen molar-refractivity contribution in [1.29, 1.82) is 10.5 Å². The van der Waals surface area contributed by atoms with Crippen molar-refractivity contribution in [2.75, 3.05) is 18.8 Å². The largest absolute Gasteiger partial charge is 0.214 e. The van der Waals surface area contributed by atoms with Crippen LogP contribution in [0.3, 0.4) is 0 Å². The maximum Gasteiger partial charge on any atom is 0.214 e. The molecule has 102 valence electrons. The molecule has 0 aliphatic rings. The van der Waals surface area contributed by atoms with Crippen LogP contribution >= 0.6 is 0 Å². The summed E-state index contributed by atoms with van der Waals surface area (Å²) in [6.07, 6.45) is 3.30. The monoisotopic (exact) mass is 271 g/mol. The molecule has 0 unspecified atom stereocenters. The lowest BCUT2D eigenvalue weighted by Crippen LogP contribution is -2.34. The second-order valence-corrected chi connectivity index (χ2v) is 6.18. The van der Waals surface area contributed by atoms with Gasteiger partial charge in [-0.15, -0.1) is 0 Å². The SMILES string of the molecule is CCCCS(=O)(=O)N(CCCC#N)CCCC#N. The highest BCUT2D eigenvalue weighted by Crippen LogP contribution is 2.09. The predicted octanol–water partition coefficient (Wildman–Crippen LogP) is 2.03. The van der Waals surface area contributed by atoms with Gasteiger partial charge in [0.2, 0.25) is 10.0 Å². The molecule has 0 N–H and O–H groups in total. The molecule has 5 nitrogen and oxygen atoms in total. The third-order valence-corrected chi connectivity index (χ3v) is 4.50. The zero-order valence-electron chi connectivity index (χ0n) is 10.9. The van der Waals surface area contributed by atoms with Gasteiger partial charge in [-0.2, -0.15) is 10.5 Å². The summed E-state index contributed by atoms with van der Waals surface area (Å²) in [5.74, 6) is 0.155. The van der Waals surface area contributed by atoms with Crippen molar-refractivity contribution in [2.45, 2.75) is 45.4 Å². The molecule has 0 saturated heterocycles. The van der Waals surface area contributed by atoms with Gasteiger partial charge in [-0.3, -0.25) is 0 Å². The van der Waals surface area contributed by atoms with Crippen LogP contribution in [0.15, 0.2) is 0 Å². The third-order valence-electron chi connectivity index (χ3n) is 2.54. The van der Waals surface area contributed by atoms with Gasteiger partial charge in [0, 0.05) is 25.9 Å². The molecule has 0 spiro atoms. The summed E-state index contributed by atoms with van der Waals surface area (Å²) in [5.41, 5.74) is 0. The summed E-state index contributed by atoms with van der Waals surface area (Å²) < 4.78 is 25.5. The van der Waals surface area contributed by atoms with E-state index < -0.39 is 10.0 Å². The lowest BCUT2D eigenvalue weighted by Gasteiger charge is -2.21. The van der Waals surface area contributed by atoms with Gasteiger partial charge < -0.3 is 0 Å². The molecule has 0 aromatic rings. The smallest absolute Gasteiger partial charge is 0.212 e. The number of nitrogens with zero attached hydrogens (tertiary/aromatic N) is 3. The molecular formula is C12H21N3O2S. The lowest BCUT2D eigenvalue weighted by atomic mass is 10.3. The van der Waals surface area contributed by atoms with Gasteiger partial charge in [0.05, 0.1) is 17.9 Å². The Labute approximate surface area is 110 Å². The van der Waals surface area contributed by atoms with E-state index in [2.05, 4.69) is 0 Å². The number of nitriles is 2. The van der Waals surface area contributed by atoms with E-state index in [4.69, 9.17) is 10.5 Å². The fourth-order valence-corrected chi connectivity index (χ4v) is 3.24. The van der Waals surface area contributed by atoms with Crippen LogP contribution in [0.5, 0.6) is 0 Å². The van der Waals surface area contributed by atoms with E-state index in [0.717, 1.165) is 6.42 Å². The molecule has 0 atom stereocenters. The predicted molar refractivity (Wildman–Crippen MR) is 70.0 cm³/mol. The van der Waals surface area contributed by atoms with Crippen LogP contribution in [-0.4, -0.2) is 31.6 Å². The van der Waals surface area contributed by atoms with Crippen LogP contribution in [0, 0.1) is 22.7 Å². The number of unbranched alkanes of at least 4 members (excludes halogenated alkanes) is 3. The molecule has 0 aromatic heterocycles. The normalized spacial score (nSPS) is 11.1. The molecule has 6 heteroatoms. The molecule has 0 fully saturated rings. The van der Waals surface area contributed by atoms with Crippen molar-refractivity contribution in [3.8, 4) is 12.1 Å². The first-order chi connectivity index (χ1) is 8.58. The van der Waals surface area contributed by atoms with Gasteiger partial charge in [-0.25, -0.2) is 12.7 Å². The molecule has 0 heterocycles. The molecule has 0 amide bonds. The second kappa shape index (κ2) is 9.87. The van der Waals surface area contributed by atoms with Crippen molar-refractivity contribution < 1.29 is 8.42 Å². The van der Waals surface area contributed by atoms with E-state index in [1.807, 2.05) is 19.1 Å². The van der Waals surface area contributed by atoms with E-state index >= 15 is 0 Å². The van der Waals surface area contributed by atoms with Gasteiger partial charge in [0.25, 0.3) is 0 Å². The number of rotatable bonds is 10. The Morgan fingerprint density at radius 2 is 1.50 bits per heavy atom. The number of hydrogen-bond acceptors (Lipinski definition) is 4. The molecule has 0 radical (unpaired) electrons. The van der Waals surface area contributed by atoms with E-state index in [1.165, 1.54) is 4.31 Å². The minimum atomic E-state index is -3.23. The van der Waals surface area contributed by atoms with E-state index in [1.54, 1.807) is 0 Å². The van der Waals surface area contributed by atoms with Gasteiger partial charge in [-0.1, -0.05) is 13.3 Å². The summed E-state index contributed by atoms with van der Waals surface area (Å²) in [6.45, 7) is 2.71. The second-order valence-electron chi connectivity index (χ2n) is 4.09. The van der Waals surface area contributed by atoms with Crippen molar-refractivity contribution in [3.05, 3.63) is 0 Å². The molecule has 0 aliphatic heterocycles. The van der Waals surface area contributed by atoms with Gasteiger partial charge in [0.1, 0.15) is 0 Å². The zero-order valence-corrected chi connectivity index (χ0v) is 11.7. The van der Waals surface area contributed by atoms with Crippen molar-refractivity contribution in [2.24, 2.45) is 0 Å². The molecule has 0 bridgehead atoms. The first kappa shape index (κ1) is 16.9. The summed E-state index contributed by atoms with van der Waals surface area (Å²) in [6, 6.07) is 4.02. The van der Waals surface area contributed by atoms with Crippen LogP contribution in [0.2, 0.25) is 0 Å². The van der Waals surface area contributed by atoms with Crippen LogP contribution in [-0.2, 0) is 10.0 Å². The Hall–Kier alpha value is -1.11. The van der Waals surface area contributed by atoms with E-state index in [-0.39, 0.29) is 5.75 Å². The summed E-state index contributed by atoms with van der Waals surface area (Å²) in [4.78, 5) is 0. The van der Waals surface area contributed by atoms with E-state index in [0.29, 0.717) is 45.2 Å². The Morgan fingerprint density at radius 3 is 1.89 bits per heavy atom. The average Bonchev–Trinajstić information content (AvgIpc) is 2.35. The Balaban J connectivity index is 4.43. The fourth-order valence-electron chi connectivity index (χ4n) is 1.51. The van der Waals surface area contributed by atoms with E-state index in [9.17, 15) is 8.42 Å². The summed E-state index contributed by atoms with van der Waals surface area (Å²) >= 11 is 0. The van der Waals surface area contributed by atoms with Crippen molar-refractivity contribution >= 4 is 10.0 Å². The molecular weight excluding hydrogens is 250 g/mol. The first-order valence-electron chi connectivity index (χ1n) is 6.30. The minimum absolute atomic E-state index is 0.155. The van der Waals surface area contributed by atoms with Crippen LogP contribution in [0.4, 0.5) is 0 Å². The van der Waals surface area contributed by atoms with Gasteiger partial charge >= 0.3 is 0 Å². The summed E-state index contributed by atoms with van der Waals surface area (Å²) in [7, 11) is -3.23. The Kier molecular flexibility index (Phi) is 9.26. The van der Waals surface area contributed by atoms with Crippen LogP contribution in [0.1, 0.15) is 45.4 Å². The third kappa shape index (κ3) is 7.26. The lowest BCUT2D eigenvalue weighted by molar-refractivity contribution is 0.400.